The molecule has 1 amide bonds. The molecular weight excluding hydrogens is 264 g/mol. The maximum Gasteiger partial charge on any atom is 0.395 e. The van der Waals surface area contributed by atoms with Gasteiger partial charge in [0, 0.05) is 6.54 Å². The van der Waals surface area contributed by atoms with Gasteiger partial charge in [0.05, 0.1) is 0 Å². The molecule has 0 aromatic carbocycles. The van der Waals surface area contributed by atoms with Crippen LogP contribution in [0.2, 0.25) is 0 Å². The first-order valence-corrected chi connectivity index (χ1v) is 4.08. The highest BCUT2D eigenvalue weighted by Crippen LogP contribution is 2.47. The molecule has 0 saturated carbocycles. The van der Waals surface area contributed by atoms with Gasteiger partial charge in [0.25, 0.3) is 5.91 Å². The number of alkyl halides is 7. The number of amides is 1. The van der Waals surface area contributed by atoms with Gasteiger partial charge in [-0.15, -0.1) is 6.58 Å². The lowest BCUT2D eigenvalue weighted by atomic mass is 10.1. The van der Waals surface area contributed by atoms with Crippen molar-refractivity contribution in [3.05, 3.63) is 12.7 Å². The Morgan fingerprint density at radius 3 is 2.00 bits per heavy atom. The number of nitrogens with one attached hydrogen (secondary N) is 1. The van der Waals surface area contributed by atoms with Crippen molar-refractivity contribution in [2.24, 2.45) is 0 Å². The topological polar surface area (TPSA) is 29.1 Å². The zero-order valence-electron chi connectivity index (χ0n) is 7.55. The van der Waals surface area contributed by atoms with E-state index >= 15 is 0 Å². The van der Waals surface area contributed by atoms with Gasteiger partial charge in [-0.1, -0.05) is 6.08 Å². The number of hydrogen-bond donors (Lipinski definition) is 1. The molecule has 0 aromatic rings. The second-order valence-corrected chi connectivity index (χ2v) is 3.12. The van der Waals surface area contributed by atoms with Crippen LogP contribution in [-0.2, 0) is 4.79 Å². The first kappa shape index (κ1) is 15.1. The normalized spacial score (nSPS) is 13.4. The van der Waals surface area contributed by atoms with Crippen LogP contribution in [-0.4, -0.2) is 29.7 Å². The second-order valence-electron chi connectivity index (χ2n) is 2.65. The quantitative estimate of drug-likeness (QED) is 0.463. The molecular formula is C7H6ClF6NO. The summed E-state index contributed by atoms with van der Waals surface area (Å²) in [7, 11) is 0. The van der Waals surface area contributed by atoms with Crippen molar-refractivity contribution in [1.82, 2.24) is 5.32 Å². The van der Waals surface area contributed by atoms with E-state index in [0.29, 0.717) is 0 Å². The van der Waals surface area contributed by atoms with Crippen molar-refractivity contribution in [2.75, 3.05) is 6.54 Å². The van der Waals surface area contributed by atoms with Gasteiger partial charge in [0.1, 0.15) is 0 Å². The fourth-order valence-corrected chi connectivity index (χ4v) is 0.715. The molecule has 0 aliphatic heterocycles. The minimum absolute atomic E-state index is 0.571. The van der Waals surface area contributed by atoms with Crippen molar-refractivity contribution >= 4 is 17.5 Å². The van der Waals surface area contributed by atoms with E-state index in [1.54, 1.807) is 0 Å². The van der Waals surface area contributed by atoms with Gasteiger partial charge in [0.15, 0.2) is 0 Å². The Morgan fingerprint density at radius 1 is 1.25 bits per heavy atom. The molecule has 0 aliphatic rings. The van der Waals surface area contributed by atoms with Gasteiger partial charge in [-0.2, -0.15) is 26.3 Å². The lowest BCUT2D eigenvalue weighted by molar-refractivity contribution is -0.269. The molecule has 2 nitrogen and oxygen atoms in total. The monoisotopic (exact) mass is 269 g/mol. The van der Waals surface area contributed by atoms with Crippen LogP contribution in [0, 0.1) is 0 Å². The van der Waals surface area contributed by atoms with Crippen molar-refractivity contribution in [2.45, 2.75) is 17.2 Å². The Labute approximate surface area is 91.2 Å². The molecule has 0 spiro atoms. The van der Waals surface area contributed by atoms with Gasteiger partial charge in [-0.05, 0) is 11.6 Å². The summed E-state index contributed by atoms with van der Waals surface area (Å²) in [5.74, 6) is -14.2. The zero-order chi connectivity index (χ0) is 13.2. The Kier molecular flexibility index (Phi) is 4.26. The van der Waals surface area contributed by atoms with E-state index in [9.17, 15) is 31.1 Å². The number of hydrogen-bond acceptors (Lipinski definition) is 1. The Hall–Kier alpha value is -0.920. The summed E-state index contributed by atoms with van der Waals surface area (Å²) in [5, 5.41) is -4.27. The van der Waals surface area contributed by atoms with Crippen LogP contribution in [0.5, 0.6) is 0 Å². The van der Waals surface area contributed by atoms with Crippen LogP contribution >= 0.6 is 11.6 Å². The molecule has 0 aliphatic carbocycles. The van der Waals surface area contributed by atoms with Crippen LogP contribution in [0.4, 0.5) is 26.3 Å². The number of rotatable bonds is 5. The van der Waals surface area contributed by atoms with Crippen molar-refractivity contribution in [3.8, 4) is 0 Å². The molecule has 94 valence electrons. The summed E-state index contributed by atoms with van der Waals surface area (Å²) in [6.07, 6.45) is 0.908. The predicted octanol–water partition coefficient (Wildman–Crippen LogP) is 2.39. The first-order valence-electron chi connectivity index (χ1n) is 3.70. The van der Waals surface area contributed by atoms with Crippen LogP contribution < -0.4 is 5.32 Å². The summed E-state index contributed by atoms with van der Waals surface area (Å²) in [6.45, 7) is 2.43. The van der Waals surface area contributed by atoms with Crippen LogP contribution in [0.3, 0.4) is 0 Å². The summed E-state index contributed by atoms with van der Waals surface area (Å²) in [6, 6.07) is 0. The average molecular weight is 270 g/mol. The molecule has 0 saturated heterocycles. The number of carbonyl (C=O) groups excluding carboxylic acids is 1. The van der Waals surface area contributed by atoms with E-state index in [1.165, 1.54) is 5.32 Å². The van der Waals surface area contributed by atoms with Crippen LogP contribution in [0.25, 0.3) is 0 Å². The summed E-state index contributed by atoms with van der Waals surface area (Å²) >= 11 is 3.82. The molecule has 0 fully saturated rings. The van der Waals surface area contributed by atoms with Gasteiger partial charge in [0.2, 0.25) is 0 Å². The van der Waals surface area contributed by atoms with E-state index < -0.39 is 29.7 Å². The van der Waals surface area contributed by atoms with E-state index in [0.717, 1.165) is 6.08 Å². The molecule has 0 heterocycles. The standard InChI is InChI=1S/C7H6ClF6NO/c1-2-3-15-4(16)5(9,10)6(11,12)7(8,13)14/h2H,1,3H2,(H,15,16). The van der Waals surface area contributed by atoms with Crippen LogP contribution in [0.15, 0.2) is 12.7 Å². The van der Waals surface area contributed by atoms with Gasteiger partial charge in [-0.3, -0.25) is 4.79 Å². The van der Waals surface area contributed by atoms with Crippen molar-refractivity contribution in [3.63, 3.8) is 0 Å². The largest absolute Gasteiger partial charge is 0.395 e. The number of carbonyl (C=O) groups is 1. The third kappa shape index (κ3) is 2.60. The molecule has 0 aromatic heterocycles. The van der Waals surface area contributed by atoms with Crippen molar-refractivity contribution < 1.29 is 31.1 Å². The SMILES string of the molecule is C=CCNC(=O)C(F)(F)C(F)(F)C(F)(F)Cl. The smallest absolute Gasteiger partial charge is 0.347 e. The fourth-order valence-electron chi connectivity index (χ4n) is 0.596. The lowest BCUT2D eigenvalue weighted by Gasteiger charge is -2.27. The molecule has 9 heteroatoms. The molecule has 0 unspecified atom stereocenters. The fraction of sp³-hybridized carbons (Fsp3) is 0.571. The molecule has 0 atom stereocenters. The third-order valence-electron chi connectivity index (χ3n) is 1.44. The number of halogens is 7. The minimum Gasteiger partial charge on any atom is -0.347 e. The molecule has 0 radical (unpaired) electrons. The summed E-state index contributed by atoms with van der Waals surface area (Å²) < 4.78 is 74.3. The van der Waals surface area contributed by atoms with E-state index in [-0.39, 0.29) is 0 Å². The van der Waals surface area contributed by atoms with Gasteiger partial charge >= 0.3 is 17.2 Å². The Bertz CT molecular complexity index is 287. The molecule has 0 bridgehead atoms. The maximum atomic E-state index is 12.7. The van der Waals surface area contributed by atoms with Crippen molar-refractivity contribution in [1.29, 1.82) is 0 Å². The highest BCUT2D eigenvalue weighted by atomic mass is 35.5. The van der Waals surface area contributed by atoms with E-state index in [2.05, 4.69) is 18.2 Å². The summed E-state index contributed by atoms with van der Waals surface area (Å²) in [5.41, 5.74) is 0. The molecule has 0 rings (SSSR count). The second kappa shape index (κ2) is 4.52. The highest BCUT2D eigenvalue weighted by Gasteiger charge is 2.74. The van der Waals surface area contributed by atoms with Crippen LogP contribution in [0.1, 0.15) is 0 Å². The lowest BCUT2D eigenvalue weighted by Crippen LogP contribution is -2.59. The highest BCUT2D eigenvalue weighted by molar-refractivity contribution is 6.22. The van der Waals surface area contributed by atoms with Gasteiger partial charge in [-0.25, -0.2) is 0 Å². The van der Waals surface area contributed by atoms with E-state index in [4.69, 9.17) is 0 Å². The first-order chi connectivity index (χ1) is 6.98. The Morgan fingerprint density at radius 2 is 1.69 bits per heavy atom. The zero-order valence-corrected chi connectivity index (χ0v) is 8.30. The third-order valence-corrected chi connectivity index (χ3v) is 1.68. The molecule has 1 N–H and O–H groups in total. The van der Waals surface area contributed by atoms with Gasteiger partial charge < -0.3 is 5.32 Å². The molecule has 16 heavy (non-hydrogen) atoms. The Balaban J connectivity index is 5.03. The average Bonchev–Trinajstić information content (AvgIpc) is 2.11. The summed E-state index contributed by atoms with van der Waals surface area (Å²) in [4.78, 5) is 10.5. The maximum absolute atomic E-state index is 12.7. The minimum atomic E-state index is -5.99. The van der Waals surface area contributed by atoms with E-state index in [1.807, 2.05) is 0 Å². The predicted molar refractivity (Wildman–Crippen MR) is 43.9 cm³/mol.